The Balaban J connectivity index is 2.18. The molecule has 0 saturated carbocycles. The molecule has 9 heteroatoms. The molecule has 1 aromatic rings. The third-order valence-electron chi connectivity index (χ3n) is 6.11. The van der Waals surface area contributed by atoms with Gasteiger partial charge in [-0.25, -0.2) is 0 Å². The predicted molar refractivity (Wildman–Crippen MR) is 139 cm³/mol. The molecule has 1 aromatic heterocycles. The van der Waals surface area contributed by atoms with Gasteiger partial charge in [0, 0.05) is 44.8 Å². The lowest BCUT2D eigenvalue weighted by atomic mass is 10.0. The Bertz CT molecular complexity index is 1060. The summed E-state index contributed by atoms with van der Waals surface area (Å²) in [4.78, 5) is 33.2. The van der Waals surface area contributed by atoms with Crippen LogP contribution in [-0.4, -0.2) is 63.9 Å². The average molecular weight is 488 g/mol. The predicted octanol–water partition coefficient (Wildman–Crippen LogP) is 3.44. The van der Waals surface area contributed by atoms with E-state index in [9.17, 15) is 14.9 Å². The molecule has 2 fully saturated rings. The minimum Gasteiger partial charge on any atom is -0.355 e. The van der Waals surface area contributed by atoms with Crippen LogP contribution in [0.3, 0.4) is 0 Å². The lowest BCUT2D eigenvalue weighted by molar-refractivity contribution is -0.122. The first-order valence-corrected chi connectivity index (χ1v) is 12.9. The number of nitrogens with zero attached hydrogens (tertiary/aromatic N) is 5. The van der Waals surface area contributed by atoms with E-state index in [0.29, 0.717) is 33.8 Å². The Kier molecular flexibility index (Phi) is 8.38. The summed E-state index contributed by atoms with van der Waals surface area (Å²) >= 11 is 6.78. The lowest BCUT2D eigenvalue weighted by Gasteiger charge is -2.37. The Morgan fingerprint density at radius 1 is 1.18 bits per heavy atom. The highest BCUT2D eigenvalue weighted by molar-refractivity contribution is 8.26. The van der Waals surface area contributed by atoms with Crippen LogP contribution < -0.4 is 10.5 Å². The number of likely N-dealkylation sites (N-methyl/N-ethyl adjacent to an activating group) is 1. The van der Waals surface area contributed by atoms with Gasteiger partial charge in [-0.15, -0.1) is 0 Å². The smallest absolute Gasteiger partial charge is 0.270 e. The first kappa shape index (κ1) is 25.5. The number of thiocarbonyl (C=S) groups is 1. The van der Waals surface area contributed by atoms with E-state index in [1.807, 2.05) is 19.9 Å². The number of carbonyl (C=O) groups is 1. The van der Waals surface area contributed by atoms with Crippen LogP contribution in [0.15, 0.2) is 9.70 Å². The van der Waals surface area contributed by atoms with Crippen LogP contribution in [0, 0.1) is 24.2 Å². The van der Waals surface area contributed by atoms with Gasteiger partial charge in [-0.1, -0.05) is 51.7 Å². The van der Waals surface area contributed by atoms with Gasteiger partial charge in [0.25, 0.3) is 11.5 Å². The second kappa shape index (κ2) is 10.9. The van der Waals surface area contributed by atoms with Crippen molar-refractivity contribution >= 4 is 46.1 Å². The summed E-state index contributed by atoms with van der Waals surface area (Å²) in [6.07, 6.45) is 2.62. The van der Waals surface area contributed by atoms with Gasteiger partial charge < -0.3 is 9.80 Å². The fourth-order valence-electron chi connectivity index (χ4n) is 4.35. The maximum Gasteiger partial charge on any atom is 0.270 e. The Morgan fingerprint density at radius 2 is 1.85 bits per heavy atom. The Morgan fingerprint density at radius 3 is 2.39 bits per heavy atom. The van der Waals surface area contributed by atoms with Crippen LogP contribution in [0.5, 0.6) is 0 Å². The van der Waals surface area contributed by atoms with Crippen molar-refractivity contribution in [1.82, 2.24) is 14.4 Å². The quantitative estimate of drug-likeness (QED) is 0.431. The first-order valence-electron chi connectivity index (χ1n) is 11.6. The molecule has 0 N–H and O–H groups in total. The number of nitriles is 1. The minimum atomic E-state index is -0.255. The molecule has 7 nitrogen and oxygen atoms in total. The van der Waals surface area contributed by atoms with Gasteiger partial charge in [-0.3, -0.25) is 19.1 Å². The number of aromatic nitrogens is 1. The van der Waals surface area contributed by atoms with E-state index in [1.165, 1.54) is 11.8 Å². The van der Waals surface area contributed by atoms with E-state index in [-0.39, 0.29) is 17.0 Å². The number of rotatable bonds is 7. The number of piperazine rings is 1. The minimum absolute atomic E-state index is 0.105. The Labute approximate surface area is 206 Å². The summed E-state index contributed by atoms with van der Waals surface area (Å²) in [7, 11) is 0. The van der Waals surface area contributed by atoms with E-state index in [2.05, 4.69) is 36.6 Å². The molecule has 1 amide bonds. The molecular formula is C24H33N5O2S2. The largest absolute Gasteiger partial charge is 0.355 e. The van der Waals surface area contributed by atoms with Gasteiger partial charge in [0.2, 0.25) is 0 Å². The molecule has 2 saturated heterocycles. The van der Waals surface area contributed by atoms with Crippen molar-refractivity contribution < 1.29 is 4.79 Å². The topological polar surface area (TPSA) is 72.6 Å². The van der Waals surface area contributed by atoms with E-state index in [0.717, 1.165) is 50.5 Å². The van der Waals surface area contributed by atoms with E-state index >= 15 is 0 Å². The van der Waals surface area contributed by atoms with E-state index in [1.54, 1.807) is 9.47 Å². The molecule has 3 heterocycles. The standard InChI is InChI=1S/C24H33N5O2S2/c1-6-8-28-21(27-11-9-26(7-2)10-12-27)18(17(5)19(14-25)22(28)30)13-20-23(31)29(15-16(3)4)24(32)33-20/h13,16H,6-12,15H2,1-5H3/b20-13-. The van der Waals surface area contributed by atoms with Crippen molar-refractivity contribution in [1.29, 1.82) is 5.26 Å². The van der Waals surface area contributed by atoms with Gasteiger partial charge in [0.05, 0.1) is 4.91 Å². The molecule has 178 valence electrons. The van der Waals surface area contributed by atoms with Crippen molar-refractivity contribution in [3.8, 4) is 6.07 Å². The lowest BCUT2D eigenvalue weighted by Crippen LogP contribution is -2.48. The third-order valence-corrected chi connectivity index (χ3v) is 7.49. The van der Waals surface area contributed by atoms with Crippen molar-refractivity contribution in [2.45, 2.75) is 47.6 Å². The molecule has 0 aliphatic carbocycles. The molecule has 0 unspecified atom stereocenters. The summed E-state index contributed by atoms with van der Waals surface area (Å²) in [6, 6.07) is 2.11. The van der Waals surface area contributed by atoms with Crippen molar-refractivity contribution in [2.24, 2.45) is 5.92 Å². The SMILES string of the molecule is CCCn1c(N2CCN(CC)CC2)c(/C=C2\SC(=S)N(CC(C)C)C2=O)c(C)c(C#N)c1=O. The molecule has 33 heavy (non-hydrogen) atoms. The van der Waals surface area contributed by atoms with Gasteiger partial charge in [0.1, 0.15) is 21.8 Å². The molecule has 0 aromatic carbocycles. The average Bonchev–Trinajstić information content (AvgIpc) is 3.04. The van der Waals surface area contributed by atoms with Crippen molar-refractivity contribution in [3.63, 3.8) is 0 Å². The van der Waals surface area contributed by atoms with Gasteiger partial charge >= 0.3 is 0 Å². The zero-order valence-corrected chi connectivity index (χ0v) is 21.8. The summed E-state index contributed by atoms with van der Waals surface area (Å²) in [5.41, 5.74) is 1.28. The van der Waals surface area contributed by atoms with Crippen LogP contribution in [-0.2, 0) is 11.3 Å². The van der Waals surface area contributed by atoms with Crippen molar-refractivity contribution in [3.05, 3.63) is 31.9 Å². The van der Waals surface area contributed by atoms with Crippen LogP contribution in [0.2, 0.25) is 0 Å². The zero-order chi connectivity index (χ0) is 24.3. The highest BCUT2D eigenvalue weighted by Gasteiger charge is 2.33. The maximum absolute atomic E-state index is 13.3. The van der Waals surface area contributed by atoms with Crippen LogP contribution in [0.25, 0.3) is 6.08 Å². The molecule has 3 rings (SSSR count). The number of anilines is 1. The molecule has 0 spiro atoms. The monoisotopic (exact) mass is 487 g/mol. The fourth-order valence-corrected chi connectivity index (χ4v) is 5.60. The number of carbonyl (C=O) groups excluding carboxylic acids is 1. The number of amides is 1. The number of hydrogen-bond donors (Lipinski definition) is 0. The number of thioether (sulfide) groups is 1. The van der Waals surface area contributed by atoms with Crippen LogP contribution >= 0.6 is 24.0 Å². The number of pyridine rings is 1. The normalized spacial score (nSPS) is 18.6. The number of hydrogen-bond acceptors (Lipinski definition) is 7. The van der Waals surface area contributed by atoms with Crippen molar-refractivity contribution in [2.75, 3.05) is 44.2 Å². The van der Waals surface area contributed by atoms with Gasteiger partial charge in [-0.05, 0) is 37.4 Å². The summed E-state index contributed by atoms with van der Waals surface area (Å²) < 4.78 is 2.28. The molecule has 2 aliphatic heterocycles. The summed E-state index contributed by atoms with van der Waals surface area (Å²) in [6.45, 7) is 15.6. The second-order valence-electron chi connectivity index (χ2n) is 8.91. The highest BCUT2D eigenvalue weighted by Crippen LogP contribution is 2.36. The molecule has 0 radical (unpaired) electrons. The summed E-state index contributed by atoms with van der Waals surface area (Å²) in [5.74, 6) is 1.01. The Hall–Kier alpha value is -2.15. The van der Waals surface area contributed by atoms with Crippen LogP contribution in [0.1, 0.15) is 50.8 Å². The van der Waals surface area contributed by atoms with E-state index in [4.69, 9.17) is 12.2 Å². The van der Waals surface area contributed by atoms with Gasteiger partial charge in [-0.2, -0.15) is 5.26 Å². The first-order chi connectivity index (χ1) is 15.7. The fraction of sp³-hybridized carbons (Fsp3) is 0.583. The van der Waals surface area contributed by atoms with E-state index < -0.39 is 0 Å². The molecule has 2 aliphatic rings. The van der Waals surface area contributed by atoms with Gasteiger partial charge in [0.15, 0.2) is 0 Å². The molecule has 0 atom stereocenters. The summed E-state index contributed by atoms with van der Waals surface area (Å²) in [5, 5.41) is 9.77. The zero-order valence-electron chi connectivity index (χ0n) is 20.2. The second-order valence-corrected chi connectivity index (χ2v) is 10.6. The molecular weight excluding hydrogens is 454 g/mol. The maximum atomic E-state index is 13.3. The van der Waals surface area contributed by atoms with Crippen LogP contribution in [0.4, 0.5) is 5.82 Å². The molecule has 0 bridgehead atoms. The highest BCUT2D eigenvalue weighted by atomic mass is 32.2. The third kappa shape index (κ3) is 5.18.